The molecule has 1 aliphatic rings. The van der Waals surface area contributed by atoms with Gasteiger partial charge in [-0.15, -0.1) is 11.8 Å². The molecule has 0 radical (unpaired) electrons. The molecule has 0 saturated carbocycles. The zero-order valence-electron chi connectivity index (χ0n) is 14.8. The van der Waals surface area contributed by atoms with Crippen LogP contribution in [0.15, 0.2) is 77.7 Å². The zero-order chi connectivity index (χ0) is 18.5. The summed E-state index contributed by atoms with van der Waals surface area (Å²) in [5.41, 5.74) is 0.970. The third-order valence-electron chi connectivity index (χ3n) is 4.47. The van der Waals surface area contributed by atoms with Crippen molar-refractivity contribution in [2.45, 2.75) is 23.6 Å². The van der Waals surface area contributed by atoms with Crippen LogP contribution in [0.2, 0.25) is 0 Å². The molecule has 138 valence electrons. The van der Waals surface area contributed by atoms with Gasteiger partial charge in [0.25, 0.3) is 0 Å². The minimum absolute atomic E-state index is 0.0651. The van der Waals surface area contributed by atoms with E-state index in [1.807, 2.05) is 42.5 Å². The van der Waals surface area contributed by atoms with Gasteiger partial charge < -0.3 is 14.8 Å². The van der Waals surface area contributed by atoms with Gasteiger partial charge in [-0.05, 0) is 28.5 Å². The molecule has 5 heteroatoms. The number of carbonyl (C=O) groups is 1. The van der Waals surface area contributed by atoms with Crippen molar-refractivity contribution in [1.29, 1.82) is 0 Å². The molecule has 0 aromatic heterocycles. The van der Waals surface area contributed by atoms with Crippen molar-refractivity contribution in [2.75, 3.05) is 12.4 Å². The molecule has 4 rings (SSSR count). The van der Waals surface area contributed by atoms with Gasteiger partial charge in [0.2, 0.25) is 0 Å². The Balaban J connectivity index is 1.31. The van der Waals surface area contributed by atoms with Gasteiger partial charge in [0.1, 0.15) is 12.7 Å². The van der Waals surface area contributed by atoms with Gasteiger partial charge in [0.15, 0.2) is 0 Å². The van der Waals surface area contributed by atoms with E-state index in [0.29, 0.717) is 6.61 Å². The summed E-state index contributed by atoms with van der Waals surface area (Å²) in [5, 5.41) is 5.40. The summed E-state index contributed by atoms with van der Waals surface area (Å²) in [7, 11) is 0. The van der Waals surface area contributed by atoms with E-state index in [0.717, 1.165) is 11.3 Å². The van der Waals surface area contributed by atoms with Crippen LogP contribution in [0.4, 0.5) is 4.79 Å². The van der Waals surface area contributed by atoms with Crippen LogP contribution >= 0.6 is 11.8 Å². The largest absolute Gasteiger partial charge is 0.445 e. The Morgan fingerprint density at radius 2 is 1.81 bits per heavy atom. The Hall–Kier alpha value is -2.50. The number of carbonyl (C=O) groups excluding carboxylic acids is 1. The van der Waals surface area contributed by atoms with Crippen LogP contribution in [0, 0.1) is 0 Å². The SMILES string of the molecule is O=C(N[C@@H](CSc1ccc2ccccc2c1)[C@H]1CO1)OCc1ccccc1. The first-order valence-electron chi connectivity index (χ1n) is 8.98. The van der Waals surface area contributed by atoms with Crippen LogP contribution in [0.1, 0.15) is 5.56 Å². The summed E-state index contributed by atoms with van der Waals surface area (Å²) < 4.78 is 10.7. The Labute approximate surface area is 162 Å². The standard InChI is InChI=1S/C22H21NO3S/c24-22(26-13-16-6-2-1-3-7-16)23-20(21-14-25-21)15-27-19-11-10-17-8-4-5-9-18(17)12-19/h1-12,20-21H,13-15H2,(H,23,24)/t20-,21+/m0/s1. The summed E-state index contributed by atoms with van der Waals surface area (Å²) in [6, 6.07) is 24.3. The lowest BCUT2D eigenvalue weighted by molar-refractivity contribution is 0.134. The van der Waals surface area contributed by atoms with E-state index in [2.05, 4.69) is 35.6 Å². The topological polar surface area (TPSA) is 50.9 Å². The Morgan fingerprint density at radius 1 is 1.07 bits per heavy atom. The van der Waals surface area contributed by atoms with Crippen LogP contribution < -0.4 is 5.32 Å². The van der Waals surface area contributed by atoms with Crippen molar-refractivity contribution in [3.8, 4) is 0 Å². The lowest BCUT2D eigenvalue weighted by Crippen LogP contribution is -2.40. The molecule has 0 unspecified atom stereocenters. The van der Waals surface area contributed by atoms with Crippen molar-refractivity contribution in [3.05, 3.63) is 78.4 Å². The van der Waals surface area contributed by atoms with E-state index in [-0.39, 0.29) is 18.8 Å². The zero-order valence-corrected chi connectivity index (χ0v) is 15.7. The number of thioether (sulfide) groups is 1. The van der Waals surface area contributed by atoms with Gasteiger partial charge in [-0.1, -0.05) is 60.7 Å². The molecular weight excluding hydrogens is 358 g/mol. The van der Waals surface area contributed by atoms with E-state index < -0.39 is 6.09 Å². The number of alkyl carbamates (subject to hydrolysis) is 1. The fourth-order valence-corrected chi connectivity index (χ4v) is 3.93. The summed E-state index contributed by atoms with van der Waals surface area (Å²) in [5.74, 6) is 0.740. The van der Waals surface area contributed by atoms with E-state index in [1.54, 1.807) is 11.8 Å². The highest BCUT2D eigenvalue weighted by molar-refractivity contribution is 7.99. The number of benzene rings is 3. The number of hydrogen-bond acceptors (Lipinski definition) is 4. The van der Waals surface area contributed by atoms with E-state index in [9.17, 15) is 4.79 Å². The van der Waals surface area contributed by atoms with Crippen LogP contribution in [0.3, 0.4) is 0 Å². The Bertz CT molecular complexity index is 912. The third-order valence-corrected chi connectivity index (χ3v) is 5.59. The molecule has 3 aromatic rings. The maximum Gasteiger partial charge on any atom is 0.407 e. The number of nitrogens with one attached hydrogen (secondary N) is 1. The van der Waals surface area contributed by atoms with Crippen LogP contribution in [-0.4, -0.2) is 30.6 Å². The molecule has 27 heavy (non-hydrogen) atoms. The van der Waals surface area contributed by atoms with Gasteiger partial charge in [-0.25, -0.2) is 4.79 Å². The first-order valence-corrected chi connectivity index (χ1v) is 9.97. The normalized spacial score (nSPS) is 16.7. The molecule has 3 aromatic carbocycles. The average molecular weight is 379 g/mol. The minimum atomic E-state index is -0.404. The first kappa shape index (κ1) is 17.9. The summed E-state index contributed by atoms with van der Waals surface area (Å²) in [4.78, 5) is 13.3. The van der Waals surface area contributed by atoms with E-state index >= 15 is 0 Å². The molecule has 1 heterocycles. The first-order chi connectivity index (χ1) is 13.3. The molecule has 1 amide bonds. The van der Waals surface area contributed by atoms with Crippen LogP contribution in [0.25, 0.3) is 10.8 Å². The summed E-state index contributed by atoms with van der Waals surface area (Å²) in [6.45, 7) is 0.949. The quantitative estimate of drug-likeness (QED) is 0.480. The predicted molar refractivity (Wildman–Crippen MR) is 108 cm³/mol. The molecular formula is C22H21NO3S. The second-order valence-corrected chi connectivity index (χ2v) is 7.60. The fourth-order valence-electron chi connectivity index (χ4n) is 2.89. The van der Waals surface area contributed by atoms with Crippen LogP contribution in [-0.2, 0) is 16.1 Å². The molecule has 0 spiro atoms. The number of rotatable bonds is 7. The Kier molecular flexibility index (Phi) is 5.61. The lowest BCUT2D eigenvalue weighted by atomic mass is 10.1. The monoisotopic (exact) mass is 379 g/mol. The number of hydrogen-bond donors (Lipinski definition) is 1. The number of amides is 1. The molecule has 0 aliphatic carbocycles. The average Bonchev–Trinajstić information content (AvgIpc) is 3.55. The fraction of sp³-hybridized carbons (Fsp3) is 0.227. The van der Waals surface area contributed by atoms with Crippen molar-refractivity contribution >= 4 is 28.6 Å². The van der Waals surface area contributed by atoms with Crippen molar-refractivity contribution in [2.24, 2.45) is 0 Å². The predicted octanol–water partition coefficient (Wildman–Crippen LogP) is 4.63. The van der Waals surface area contributed by atoms with Gasteiger partial charge in [-0.3, -0.25) is 0 Å². The summed E-state index contributed by atoms with van der Waals surface area (Å²) >= 11 is 1.72. The molecule has 4 nitrogen and oxygen atoms in total. The second-order valence-electron chi connectivity index (χ2n) is 6.50. The summed E-state index contributed by atoms with van der Waals surface area (Å²) in [6.07, 6.45) is -0.333. The maximum atomic E-state index is 12.1. The van der Waals surface area contributed by atoms with Gasteiger partial charge >= 0.3 is 6.09 Å². The third kappa shape index (κ3) is 5.02. The molecule has 1 N–H and O–H groups in total. The highest BCUT2D eigenvalue weighted by Crippen LogP contribution is 2.26. The second kappa shape index (κ2) is 8.46. The number of ether oxygens (including phenoxy) is 2. The van der Waals surface area contributed by atoms with Gasteiger partial charge in [0.05, 0.1) is 12.6 Å². The van der Waals surface area contributed by atoms with E-state index in [1.165, 1.54) is 15.7 Å². The minimum Gasteiger partial charge on any atom is -0.445 e. The molecule has 1 saturated heterocycles. The van der Waals surface area contributed by atoms with E-state index in [4.69, 9.17) is 9.47 Å². The van der Waals surface area contributed by atoms with Crippen molar-refractivity contribution in [3.63, 3.8) is 0 Å². The van der Waals surface area contributed by atoms with Crippen molar-refractivity contribution in [1.82, 2.24) is 5.32 Å². The van der Waals surface area contributed by atoms with Gasteiger partial charge in [0, 0.05) is 10.6 Å². The van der Waals surface area contributed by atoms with Crippen LogP contribution in [0.5, 0.6) is 0 Å². The smallest absolute Gasteiger partial charge is 0.407 e. The molecule has 0 bridgehead atoms. The lowest BCUT2D eigenvalue weighted by Gasteiger charge is -2.16. The molecule has 1 fully saturated rings. The molecule has 2 atom stereocenters. The maximum absolute atomic E-state index is 12.1. The molecule has 1 aliphatic heterocycles. The highest BCUT2D eigenvalue weighted by Gasteiger charge is 2.34. The van der Waals surface area contributed by atoms with Gasteiger partial charge in [-0.2, -0.15) is 0 Å². The van der Waals surface area contributed by atoms with Crippen molar-refractivity contribution < 1.29 is 14.3 Å². The Morgan fingerprint density at radius 3 is 2.59 bits per heavy atom. The number of fused-ring (bicyclic) bond motifs is 1. The highest BCUT2D eigenvalue weighted by atomic mass is 32.2. The number of epoxide rings is 1.